The monoisotopic (exact) mass is 854 g/mol. The molecule has 0 fully saturated rings. The minimum atomic E-state index is -0.165. The average Bonchev–Trinajstić information content (AvgIpc) is 3.95. The number of nitrogens with one attached hydrogen (secondary N) is 1. The van der Waals surface area contributed by atoms with E-state index in [2.05, 4.69) is 219 Å². The van der Waals surface area contributed by atoms with Crippen LogP contribution in [0.5, 0.6) is 0 Å². The highest BCUT2D eigenvalue weighted by atomic mass is 16.3. The number of hydrogen-bond acceptors (Lipinski definition) is 2. The summed E-state index contributed by atoms with van der Waals surface area (Å²) in [5, 5.41) is 8.94. The van der Waals surface area contributed by atoms with Gasteiger partial charge in [-0.15, -0.1) is 0 Å². The molecule has 1 aliphatic heterocycles. The first-order valence-corrected chi connectivity index (χ1v) is 23.9. The predicted molar refractivity (Wildman–Crippen MR) is 282 cm³/mol. The normalized spacial score (nSPS) is 15.2. The molecule has 2 aromatic heterocycles. The Balaban J connectivity index is 1.11. The molecule has 66 heavy (non-hydrogen) atoms. The fourth-order valence-electron chi connectivity index (χ4n) is 12.2. The Morgan fingerprint density at radius 3 is 1.92 bits per heavy atom. The predicted octanol–water partition coefficient (Wildman–Crippen LogP) is 15.0. The zero-order valence-corrected chi connectivity index (χ0v) is 39.8. The molecule has 0 atom stereocenters. The molecule has 4 heteroatoms. The summed E-state index contributed by atoms with van der Waals surface area (Å²) in [6, 6.07) is 53.4. The first-order chi connectivity index (χ1) is 31.5. The number of rotatable bonds is 3. The molecule has 3 nitrogen and oxygen atoms in total. The van der Waals surface area contributed by atoms with Gasteiger partial charge in [0.05, 0.1) is 5.52 Å². The highest BCUT2D eigenvalue weighted by Gasteiger charge is 2.39. The summed E-state index contributed by atoms with van der Waals surface area (Å²) in [4.78, 5) is 0. The lowest BCUT2D eigenvalue weighted by Crippen LogP contribution is -2.37. The molecule has 13 rings (SSSR count). The van der Waals surface area contributed by atoms with Crippen LogP contribution in [0.3, 0.4) is 0 Å². The van der Waals surface area contributed by atoms with Crippen molar-refractivity contribution in [2.75, 3.05) is 5.32 Å². The molecule has 10 aromatic rings. The average molecular weight is 855 g/mol. The maximum absolute atomic E-state index is 6.63. The molecule has 3 heterocycles. The summed E-state index contributed by atoms with van der Waals surface area (Å²) >= 11 is 0. The summed E-state index contributed by atoms with van der Waals surface area (Å²) < 4.78 is 9.22. The standard InChI is InChI=1S/C62H55BN2O/c1-59(2,3)34-19-22-36(23-20-34)64-52-31-49-43(41-27-35(60(4,5)6)21-26-48(41)62(49,9)10)28-44(52)39-24-25-40-45-29-42-37-15-11-13-17-47(37)61(7,8)50(42)32-53(45)65-54-33-56-46(30-51(54)63-57(39)58(40)65)38-16-12-14-18-55(38)66-56/h11-33,63-64H,1-10H3. The third kappa shape index (κ3) is 5.39. The molecule has 0 bridgehead atoms. The summed E-state index contributed by atoms with van der Waals surface area (Å²) in [5.41, 5.74) is 26.4. The van der Waals surface area contributed by atoms with Gasteiger partial charge in [0.2, 0.25) is 0 Å². The number of para-hydroxylation sites is 1. The second kappa shape index (κ2) is 13.0. The number of anilines is 2. The van der Waals surface area contributed by atoms with Gasteiger partial charge in [0.25, 0.3) is 0 Å². The van der Waals surface area contributed by atoms with Gasteiger partial charge in [-0.25, -0.2) is 0 Å². The van der Waals surface area contributed by atoms with Gasteiger partial charge < -0.3 is 14.3 Å². The van der Waals surface area contributed by atoms with Crippen LogP contribution in [0.1, 0.15) is 103 Å². The Morgan fingerprint density at radius 1 is 0.485 bits per heavy atom. The van der Waals surface area contributed by atoms with E-state index in [1.807, 2.05) is 0 Å². The van der Waals surface area contributed by atoms with Gasteiger partial charge in [0.1, 0.15) is 11.2 Å². The van der Waals surface area contributed by atoms with Crippen molar-refractivity contribution in [2.24, 2.45) is 0 Å². The van der Waals surface area contributed by atoms with E-state index < -0.39 is 0 Å². The molecule has 1 N–H and O–H groups in total. The number of aromatic nitrogens is 1. The molecule has 0 saturated heterocycles. The van der Waals surface area contributed by atoms with Gasteiger partial charge in [-0.05, 0) is 120 Å². The van der Waals surface area contributed by atoms with Gasteiger partial charge in [-0.3, -0.25) is 0 Å². The van der Waals surface area contributed by atoms with Crippen molar-refractivity contribution in [1.82, 2.24) is 4.57 Å². The lowest BCUT2D eigenvalue weighted by atomic mass is 9.59. The largest absolute Gasteiger partial charge is 0.456 e. The molecule has 0 amide bonds. The summed E-state index contributed by atoms with van der Waals surface area (Å²) in [6.45, 7) is 23.4. The second-order valence-corrected chi connectivity index (χ2v) is 22.7. The fourth-order valence-corrected chi connectivity index (χ4v) is 12.2. The SMILES string of the molecule is CC(C)(C)c1ccc(Nc2cc3c(cc2-c2ccc4c5cc6c(cc5n5c4c2Bc2cc4c(cc2-5)oc2ccccc24)C(C)(C)c2ccccc2-6)-c2cc(C(C)(C)C)ccc2C3(C)C)cc1. The Morgan fingerprint density at radius 2 is 1.15 bits per heavy atom. The molecule has 8 aromatic carbocycles. The number of fused-ring (bicyclic) bond motifs is 14. The van der Waals surface area contributed by atoms with E-state index in [4.69, 9.17) is 4.42 Å². The van der Waals surface area contributed by atoms with Crippen LogP contribution in [-0.2, 0) is 21.7 Å². The second-order valence-electron chi connectivity index (χ2n) is 22.7. The molecule has 0 unspecified atom stereocenters. The molecule has 322 valence electrons. The van der Waals surface area contributed by atoms with Gasteiger partial charge >= 0.3 is 0 Å². The molecule has 0 saturated carbocycles. The van der Waals surface area contributed by atoms with Gasteiger partial charge in [0, 0.05) is 66.6 Å². The molecule has 3 aliphatic rings. The minimum Gasteiger partial charge on any atom is -0.456 e. The van der Waals surface area contributed by atoms with Crippen molar-refractivity contribution in [3.05, 3.63) is 173 Å². The number of benzene rings is 8. The Bertz CT molecular complexity index is 3770. The van der Waals surface area contributed by atoms with Crippen LogP contribution in [0.15, 0.2) is 144 Å². The van der Waals surface area contributed by atoms with Crippen LogP contribution in [0.25, 0.3) is 82.8 Å². The summed E-state index contributed by atoms with van der Waals surface area (Å²) in [5.74, 6) is 0. The first-order valence-electron chi connectivity index (χ1n) is 23.9. The molecule has 2 aliphatic carbocycles. The van der Waals surface area contributed by atoms with E-state index in [9.17, 15) is 0 Å². The molecule has 0 radical (unpaired) electrons. The Labute approximate surface area is 388 Å². The van der Waals surface area contributed by atoms with Crippen LogP contribution < -0.4 is 16.2 Å². The highest BCUT2D eigenvalue weighted by Crippen LogP contribution is 2.54. The highest BCUT2D eigenvalue weighted by molar-refractivity contribution is 6.73. The zero-order chi connectivity index (χ0) is 45.4. The van der Waals surface area contributed by atoms with Crippen molar-refractivity contribution in [2.45, 2.75) is 90.9 Å². The number of hydrogen-bond donors (Lipinski definition) is 1. The quantitative estimate of drug-likeness (QED) is 0.179. The summed E-state index contributed by atoms with van der Waals surface area (Å²) in [6.07, 6.45) is 0. The maximum Gasteiger partial charge on any atom is 0.198 e. The lowest BCUT2D eigenvalue weighted by molar-refractivity contribution is 0.589. The first kappa shape index (κ1) is 39.6. The van der Waals surface area contributed by atoms with Crippen molar-refractivity contribution >= 4 is 73.3 Å². The topological polar surface area (TPSA) is 30.1 Å². The van der Waals surface area contributed by atoms with E-state index >= 15 is 0 Å². The van der Waals surface area contributed by atoms with Crippen LogP contribution in [0, 0.1) is 0 Å². The van der Waals surface area contributed by atoms with E-state index in [0.29, 0.717) is 0 Å². The van der Waals surface area contributed by atoms with E-state index in [0.717, 1.165) is 35.2 Å². The fraction of sp³-hybridized carbons (Fsp3) is 0.226. The zero-order valence-electron chi connectivity index (χ0n) is 39.8. The van der Waals surface area contributed by atoms with Crippen LogP contribution in [0.2, 0.25) is 0 Å². The maximum atomic E-state index is 6.63. The Kier molecular flexibility index (Phi) is 7.78. The third-order valence-corrected chi connectivity index (χ3v) is 15.9. The molecular weight excluding hydrogens is 800 g/mol. The summed E-state index contributed by atoms with van der Waals surface area (Å²) in [7, 11) is 0.800. The van der Waals surface area contributed by atoms with Gasteiger partial charge in [-0.2, -0.15) is 0 Å². The van der Waals surface area contributed by atoms with E-state index in [1.165, 1.54) is 111 Å². The Hall–Kier alpha value is -6.78. The molecular formula is C62H55BN2O. The van der Waals surface area contributed by atoms with Crippen molar-refractivity contribution in [3.8, 4) is 39.1 Å². The van der Waals surface area contributed by atoms with Crippen LogP contribution in [-0.4, -0.2) is 11.8 Å². The van der Waals surface area contributed by atoms with Crippen LogP contribution >= 0.6 is 0 Å². The number of nitrogens with zero attached hydrogens (tertiary/aromatic N) is 1. The van der Waals surface area contributed by atoms with Crippen molar-refractivity contribution in [3.63, 3.8) is 0 Å². The number of furan rings is 1. The van der Waals surface area contributed by atoms with Gasteiger partial charge in [-0.1, -0.05) is 166 Å². The minimum absolute atomic E-state index is 0.0324. The smallest absolute Gasteiger partial charge is 0.198 e. The van der Waals surface area contributed by atoms with Gasteiger partial charge in [0.15, 0.2) is 7.28 Å². The van der Waals surface area contributed by atoms with E-state index in [1.54, 1.807) is 0 Å². The van der Waals surface area contributed by atoms with E-state index in [-0.39, 0.29) is 21.7 Å². The molecule has 0 spiro atoms. The van der Waals surface area contributed by atoms with Crippen molar-refractivity contribution in [1.29, 1.82) is 0 Å². The third-order valence-electron chi connectivity index (χ3n) is 15.9. The van der Waals surface area contributed by atoms with Crippen LogP contribution in [0.4, 0.5) is 11.4 Å². The lowest BCUT2D eigenvalue weighted by Gasteiger charge is -2.26. The van der Waals surface area contributed by atoms with Crippen molar-refractivity contribution < 1.29 is 4.42 Å².